The number of hydrogen-bond donors (Lipinski definition) is 0. The summed E-state index contributed by atoms with van der Waals surface area (Å²) in [5.74, 6) is 0. The smallest absolute Gasteiger partial charge is 0.0197 e. The minimum Gasteiger partial charge on any atom is -0.147 e. The van der Waals surface area contributed by atoms with E-state index in [1.165, 1.54) is 21.7 Å². The number of aryl methyl sites for hydroxylation is 2. The van der Waals surface area contributed by atoms with Crippen LogP contribution < -0.4 is 10.6 Å². The fourth-order valence-corrected chi connectivity index (χ4v) is 2.74. The van der Waals surface area contributed by atoms with Gasteiger partial charge in [0.15, 0.2) is 0 Å². The molecule has 2 aromatic rings. The van der Waals surface area contributed by atoms with E-state index in [0.717, 1.165) is 8.58 Å². The molecule has 2 rings (SSSR count). The molecule has 0 aliphatic rings. The van der Waals surface area contributed by atoms with Crippen LogP contribution in [0.4, 0.5) is 0 Å². The van der Waals surface area contributed by atoms with Crippen LogP contribution in [-0.2, 0) is 0 Å². The lowest BCUT2D eigenvalue weighted by atomic mass is 10.2. The molecule has 0 aromatic heterocycles. The molecule has 2 aromatic carbocycles. The van der Waals surface area contributed by atoms with Gasteiger partial charge in [0.25, 0.3) is 0 Å². The topological polar surface area (TPSA) is 0 Å². The number of benzene rings is 2. The molecule has 0 saturated heterocycles. The average molecular weight is 251 g/mol. The molecular weight excluding hydrogens is 235 g/mol. The molecule has 0 amide bonds. The van der Waals surface area contributed by atoms with E-state index in [2.05, 4.69) is 62.4 Å². The van der Waals surface area contributed by atoms with Gasteiger partial charge in [-0.05, 0) is 30.0 Å². The van der Waals surface area contributed by atoms with Gasteiger partial charge in [-0.1, -0.05) is 62.7 Å². The standard InChI is InChI=1S/C14H15P.ClH/c1-11-8-9-14(12(2)10-11)15-13-6-4-3-5-7-13;/h3-10,15H,1-2H3;1H. The number of halogens is 1. The molecule has 0 N–H and O–H groups in total. The van der Waals surface area contributed by atoms with Crippen LogP contribution in [0, 0.1) is 13.8 Å². The summed E-state index contributed by atoms with van der Waals surface area (Å²) in [4.78, 5) is 0. The highest BCUT2D eigenvalue weighted by Crippen LogP contribution is 2.14. The van der Waals surface area contributed by atoms with Crippen molar-refractivity contribution in [3.63, 3.8) is 0 Å². The third kappa shape index (κ3) is 3.33. The summed E-state index contributed by atoms with van der Waals surface area (Å²) in [6, 6.07) is 17.4. The predicted molar refractivity (Wildman–Crippen MR) is 77.2 cm³/mol. The highest BCUT2D eigenvalue weighted by atomic mass is 35.5. The average Bonchev–Trinajstić information content (AvgIpc) is 2.24. The van der Waals surface area contributed by atoms with E-state index in [-0.39, 0.29) is 12.4 Å². The minimum atomic E-state index is 0. The van der Waals surface area contributed by atoms with Gasteiger partial charge < -0.3 is 0 Å². The molecule has 16 heavy (non-hydrogen) atoms. The molecule has 0 spiro atoms. The second kappa shape index (κ2) is 6.03. The van der Waals surface area contributed by atoms with Crippen molar-refractivity contribution in [3.8, 4) is 0 Å². The van der Waals surface area contributed by atoms with Gasteiger partial charge in [-0.15, -0.1) is 12.4 Å². The second-order valence-electron chi connectivity index (χ2n) is 3.81. The van der Waals surface area contributed by atoms with Crippen molar-refractivity contribution in [2.45, 2.75) is 13.8 Å². The maximum Gasteiger partial charge on any atom is -0.0197 e. The van der Waals surface area contributed by atoms with Crippen molar-refractivity contribution in [1.29, 1.82) is 0 Å². The third-order valence-electron chi connectivity index (χ3n) is 2.43. The zero-order valence-electron chi connectivity index (χ0n) is 9.53. The third-order valence-corrected chi connectivity index (χ3v) is 3.89. The predicted octanol–water partition coefficient (Wildman–Crippen LogP) is 3.35. The zero-order valence-corrected chi connectivity index (χ0v) is 11.3. The summed E-state index contributed by atoms with van der Waals surface area (Å²) in [6.45, 7) is 4.33. The monoisotopic (exact) mass is 250 g/mol. The molecule has 0 nitrogen and oxygen atoms in total. The Morgan fingerprint density at radius 3 is 2.19 bits per heavy atom. The van der Waals surface area contributed by atoms with Crippen molar-refractivity contribution in [1.82, 2.24) is 0 Å². The Morgan fingerprint density at radius 2 is 1.56 bits per heavy atom. The molecule has 84 valence electrons. The fraction of sp³-hybridized carbons (Fsp3) is 0.143. The van der Waals surface area contributed by atoms with Gasteiger partial charge in [0.1, 0.15) is 0 Å². The zero-order chi connectivity index (χ0) is 10.7. The van der Waals surface area contributed by atoms with Crippen molar-refractivity contribution in [2.24, 2.45) is 0 Å². The van der Waals surface area contributed by atoms with Gasteiger partial charge in [0, 0.05) is 0 Å². The van der Waals surface area contributed by atoms with Gasteiger partial charge >= 0.3 is 0 Å². The van der Waals surface area contributed by atoms with E-state index in [9.17, 15) is 0 Å². The van der Waals surface area contributed by atoms with Crippen molar-refractivity contribution in [2.75, 3.05) is 0 Å². The molecule has 0 radical (unpaired) electrons. The number of hydrogen-bond acceptors (Lipinski definition) is 0. The summed E-state index contributed by atoms with van der Waals surface area (Å²) in [5.41, 5.74) is 2.74. The molecule has 0 saturated carbocycles. The first-order chi connectivity index (χ1) is 7.25. The molecule has 0 aliphatic heterocycles. The van der Waals surface area contributed by atoms with E-state index in [4.69, 9.17) is 0 Å². The van der Waals surface area contributed by atoms with Crippen LogP contribution in [0.2, 0.25) is 0 Å². The van der Waals surface area contributed by atoms with Gasteiger partial charge in [0.05, 0.1) is 0 Å². The largest absolute Gasteiger partial charge is 0.147 e. The SMILES string of the molecule is Cc1ccc(Pc2ccccc2)c(C)c1.Cl. The summed E-state index contributed by atoms with van der Waals surface area (Å²) in [7, 11) is 0.772. The molecule has 0 bridgehead atoms. The Labute approximate surface area is 105 Å². The molecule has 0 fully saturated rings. The van der Waals surface area contributed by atoms with Crippen molar-refractivity contribution >= 4 is 31.6 Å². The lowest BCUT2D eigenvalue weighted by molar-refractivity contribution is 1.41. The second-order valence-corrected chi connectivity index (χ2v) is 5.18. The van der Waals surface area contributed by atoms with Gasteiger partial charge in [-0.3, -0.25) is 0 Å². The van der Waals surface area contributed by atoms with Gasteiger partial charge in [0.2, 0.25) is 0 Å². The fourth-order valence-electron chi connectivity index (χ4n) is 1.63. The molecule has 1 unspecified atom stereocenters. The lowest BCUT2D eigenvalue weighted by Gasteiger charge is -2.06. The van der Waals surface area contributed by atoms with Crippen LogP contribution in [0.5, 0.6) is 0 Å². The van der Waals surface area contributed by atoms with E-state index in [1.54, 1.807) is 0 Å². The molecule has 1 atom stereocenters. The van der Waals surface area contributed by atoms with Gasteiger partial charge in [-0.25, -0.2) is 0 Å². The Bertz CT molecular complexity index is 452. The highest BCUT2D eigenvalue weighted by Gasteiger charge is 1.99. The first kappa shape index (κ1) is 13.2. The van der Waals surface area contributed by atoms with Crippen LogP contribution in [-0.4, -0.2) is 0 Å². The highest BCUT2D eigenvalue weighted by molar-refractivity contribution is 7.55. The summed E-state index contributed by atoms with van der Waals surface area (Å²) >= 11 is 0. The quantitative estimate of drug-likeness (QED) is 0.717. The van der Waals surface area contributed by atoms with Crippen LogP contribution in [0.25, 0.3) is 0 Å². The maximum atomic E-state index is 2.26. The van der Waals surface area contributed by atoms with Crippen molar-refractivity contribution in [3.05, 3.63) is 59.7 Å². The van der Waals surface area contributed by atoms with Crippen LogP contribution in [0.1, 0.15) is 11.1 Å². The first-order valence-corrected chi connectivity index (χ1v) is 6.15. The van der Waals surface area contributed by atoms with Crippen molar-refractivity contribution < 1.29 is 0 Å². The normalized spacial score (nSPS) is 10.4. The Kier molecular flexibility index (Phi) is 4.99. The molecule has 2 heteroatoms. The Morgan fingerprint density at radius 1 is 0.875 bits per heavy atom. The molecule has 0 heterocycles. The van der Waals surface area contributed by atoms with E-state index in [1.807, 2.05) is 0 Å². The van der Waals surface area contributed by atoms with Crippen LogP contribution in [0.15, 0.2) is 48.5 Å². The van der Waals surface area contributed by atoms with Gasteiger partial charge in [-0.2, -0.15) is 0 Å². The summed E-state index contributed by atoms with van der Waals surface area (Å²) < 4.78 is 0. The van der Waals surface area contributed by atoms with Crippen LogP contribution >= 0.6 is 21.0 Å². The Hall–Kier alpha value is -0.840. The van der Waals surface area contributed by atoms with E-state index in [0.29, 0.717) is 0 Å². The summed E-state index contributed by atoms with van der Waals surface area (Å²) in [6.07, 6.45) is 0. The van der Waals surface area contributed by atoms with Crippen LogP contribution in [0.3, 0.4) is 0 Å². The first-order valence-electron chi connectivity index (χ1n) is 5.15. The molecule has 0 aliphatic carbocycles. The Balaban J connectivity index is 0.00000128. The molecular formula is C14H16ClP. The summed E-state index contributed by atoms with van der Waals surface area (Å²) in [5, 5.41) is 2.86. The van der Waals surface area contributed by atoms with E-state index >= 15 is 0 Å². The lowest BCUT2D eigenvalue weighted by Crippen LogP contribution is -2.06. The number of rotatable bonds is 2. The maximum absolute atomic E-state index is 2.26. The minimum absolute atomic E-state index is 0. The van der Waals surface area contributed by atoms with E-state index < -0.39 is 0 Å².